The first-order valence-electron chi connectivity index (χ1n) is 4.36. The maximum Gasteiger partial charge on any atom is 0.225 e. The molecule has 4 nitrogen and oxygen atoms in total. The van der Waals surface area contributed by atoms with E-state index in [-0.39, 0.29) is 5.91 Å². The zero-order valence-electron chi connectivity index (χ0n) is 9.16. The van der Waals surface area contributed by atoms with Gasteiger partial charge in [0.25, 0.3) is 0 Å². The van der Waals surface area contributed by atoms with Crippen LogP contribution < -0.4 is 5.73 Å². The van der Waals surface area contributed by atoms with Crippen molar-refractivity contribution in [2.75, 3.05) is 20.7 Å². The van der Waals surface area contributed by atoms with Crippen LogP contribution in [0.1, 0.15) is 20.3 Å². The van der Waals surface area contributed by atoms with Gasteiger partial charge in [-0.25, -0.2) is 0 Å². The highest BCUT2D eigenvalue weighted by atomic mass is 32.1. The minimum atomic E-state index is -0.443. The van der Waals surface area contributed by atoms with Crippen molar-refractivity contribution in [2.24, 2.45) is 5.73 Å². The Kier molecular flexibility index (Phi) is 5.01. The highest BCUT2D eigenvalue weighted by Gasteiger charge is 2.23. The first-order chi connectivity index (χ1) is 6.28. The van der Waals surface area contributed by atoms with Gasteiger partial charge in [-0.15, -0.1) is 0 Å². The van der Waals surface area contributed by atoms with E-state index in [1.807, 2.05) is 13.8 Å². The van der Waals surface area contributed by atoms with E-state index >= 15 is 0 Å². The van der Waals surface area contributed by atoms with Crippen LogP contribution in [0.3, 0.4) is 0 Å². The average Bonchev–Trinajstić information content (AvgIpc) is 2.02. The van der Waals surface area contributed by atoms with Crippen molar-refractivity contribution in [3.05, 3.63) is 0 Å². The van der Waals surface area contributed by atoms with Crippen LogP contribution in [-0.2, 0) is 9.53 Å². The third-order valence-electron chi connectivity index (χ3n) is 1.95. The van der Waals surface area contributed by atoms with Gasteiger partial charge in [0, 0.05) is 14.2 Å². The number of rotatable bonds is 5. The summed E-state index contributed by atoms with van der Waals surface area (Å²) in [7, 11) is 3.26. The molecule has 14 heavy (non-hydrogen) atoms. The largest absolute Gasteiger partial charge is 0.392 e. The second-order valence-electron chi connectivity index (χ2n) is 3.86. The average molecular weight is 218 g/mol. The van der Waals surface area contributed by atoms with Gasteiger partial charge < -0.3 is 15.4 Å². The summed E-state index contributed by atoms with van der Waals surface area (Å²) in [6.07, 6.45) is 0.322. The summed E-state index contributed by atoms with van der Waals surface area (Å²) < 4.78 is 5.15. The van der Waals surface area contributed by atoms with Crippen molar-refractivity contribution in [1.29, 1.82) is 0 Å². The third-order valence-corrected chi connectivity index (χ3v) is 2.08. The van der Waals surface area contributed by atoms with Gasteiger partial charge in [-0.2, -0.15) is 0 Å². The van der Waals surface area contributed by atoms with Gasteiger partial charge in [0.15, 0.2) is 0 Å². The van der Waals surface area contributed by atoms with Crippen molar-refractivity contribution >= 4 is 23.1 Å². The van der Waals surface area contributed by atoms with E-state index in [9.17, 15) is 4.79 Å². The molecule has 1 amide bonds. The molecule has 0 aliphatic heterocycles. The Balaban J connectivity index is 4.14. The molecule has 0 saturated heterocycles. The summed E-state index contributed by atoms with van der Waals surface area (Å²) >= 11 is 4.71. The van der Waals surface area contributed by atoms with E-state index in [1.165, 1.54) is 4.90 Å². The summed E-state index contributed by atoms with van der Waals surface area (Å²) in [4.78, 5) is 13.4. The monoisotopic (exact) mass is 218 g/mol. The maximum atomic E-state index is 11.6. The van der Waals surface area contributed by atoms with E-state index in [0.29, 0.717) is 18.0 Å². The van der Waals surface area contributed by atoms with E-state index in [2.05, 4.69) is 0 Å². The molecule has 0 rings (SSSR count). The van der Waals surface area contributed by atoms with Crippen molar-refractivity contribution < 1.29 is 9.53 Å². The molecule has 0 aromatic rings. The van der Waals surface area contributed by atoms with Crippen molar-refractivity contribution in [1.82, 2.24) is 4.90 Å². The summed E-state index contributed by atoms with van der Waals surface area (Å²) in [6.45, 7) is 4.03. The van der Waals surface area contributed by atoms with E-state index in [4.69, 9.17) is 22.7 Å². The highest BCUT2D eigenvalue weighted by Crippen LogP contribution is 2.13. The Labute approximate surface area is 90.4 Å². The smallest absolute Gasteiger partial charge is 0.225 e. The van der Waals surface area contributed by atoms with Crippen molar-refractivity contribution in [2.45, 2.75) is 25.9 Å². The van der Waals surface area contributed by atoms with Crippen LogP contribution in [0.25, 0.3) is 0 Å². The van der Waals surface area contributed by atoms with Gasteiger partial charge in [0.2, 0.25) is 5.91 Å². The van der Waals surface area contributed by atoms with Crippen LogP contribution in [0.15, 0.2) is 0 Å². The molecule has 0 fully saturated rings. The molecular weight excluding hydrogens is 200 g/mol. The molecule has 0 unspecified atom stereocenters. The SMILES string of the molecule is COC(C)(C)CC(=O)N(C)CC(N)=S. The Morgan fingerprint density at radius 3 is 2.43 bits per heavy atom. The number of hydrogen-bond acceptors (Lipinski definition) is 3. The van der Waals surface area contributed by atoms with Gasteiger partial charge in [0.05, 0.1) is 23.6 Å². The number of likely N-dealkylation sites (N-methyl/N-ethyl adjacent to an activating group) is 1. The number of thiocarbonyl (C=S) groups is 1. The van der Waals surface area contributed by atoms with Crippen molar-refractivity contribution in [3.63, 3.8) is 0 Å². The van der Waals surface area contributed by atoms with Crippen LogP contribution in [-0.4, -0.2) is 42.1 Å². The summed E-state index contributed by atoms with van der Waals surface area (Å²) in [5.74, 6) is -0.0235. The summed E-state index contributed by atoms with van der Waals surface area (Å²) in [5.41, 5.74) is 4.89. The molecule has 0 aromatic carbocycles. The van der Waals surface area contributed by atoms with Gasteiger partial charge in [-0.1, -0.05) is 12.2 Å². The number of amides is 1. The minimum absolute atomic E-state index is 0.0235. The molecule has 0 aromatic heterocycles. The molecule has 0 aliphatic rings. The number of nitrogens with zero attached hydrogens (tertiary/aromatic N) is 1. The number of carbonyl (C=O) groups excluding carboxylic acids is 1. The molecule has 0 bridgehead atoms. The molecule has 0 radical (unpaired) electrons. The lowest BCUT2D eigenvalue weighted by atomic mass is 10.0. The maximum absolute atomic E-state index is 11.6. The minimum Gasteiger partial charge on any atom is -0.392 e. The standard InChI is InChI=1S/C9H18N2O2S/c1-9(2,13-4)5-8(12)11(3)6-7(10)14/h5-6H2,1-4H3,(H2,10,14). The topological polar surface area (TPSA) is 55.6 Å². The quantitative estimate of drug-likeness (QED) is 0.685. The van der Waals surface area contributed by atoms with E-state index in [1.54, 1.807) is 14.2 Å². The van der Waals surface area contributed by atoms with Crippen LogP contribution in [0.5, 0.6) is 0 Å². The summed E-state index contributed by atoms with van der Waals surface area (Å²) in [6, 6.07) is 0. The Morgan fingerprint density at radius 1 is 1.57 bits per heavy atom. The molecular formula is C9H18N2O2S. The number of methoxy groups -OCH3 is 1. The highest BCUT2D eigenvalue weighted by molar-refractivity contribution is 7.80. The second-order valence-corrected chi connectivity index (χ2v) is 4.38. The molecule has 0 heterocycles. The van der Waals surface area contributed by atoms with E-state index in [0.717, 1.165) is 0 Å². The second kappa shape index (κ2) is 5.26. The predicted molar refractivity (Wildman–Crippen MR) is 60.1 cm³/mol. The number of nitrogens with two attached hydrogens (primary N) is 1. The normalized spacial score (nSPS) is 11.1. The molecule has 5 heteroatoms. The molecule has 0 saturated carbocycles. The molecule has 0 spiro atoms. The van der Waals surface area contributed by atoms with Crippen LogP contribution >= 0.6 is 12.2 Å². The van der Waals surface area contributed by atoms with Gasteiger partial charge in [-0.3, -0.25) is 4.79 Å². The fourth-order valence-electron chi connectivity index (χ4n) is 0.893. The molecule has 82 valence electrons. The van der Waals surface area contributed by atoms with Crippen molar-refractivity contribution in [3.8, 4) is 0 Å². The number of hydrogen-bond donors (Lipinski definition) is 1. The lowest BCUT2D eigenvalue weighted by Gasteiger charge is -2.25. The van der Waals surface area contributed by atoms with Gasteiger partial charge in [0.1, 0.15) is 0 Å². The van der Waals surface area contributed by atoms with Crippen LogP contribution in [0.2, 0.25) is 0 Å². The third kappa shape index (κ3) is 5.14. The van der Waals surface area contributed by atoms with Crippen LogP contribution in [0, 0.1) is 0 Å². The fraction of sp³-hybridized carbons (Fsp3) is 0.778. The zero-order chi connectivity index (χ0) is 11.4. The number of ether oxygens (including phenoxy) is 1. The lowest BCUT2D eigenvalue weighted by molar-refractivity contribution is -0.134. The Bertz CT molecular complexity index is 229. The predicted octanol–water partition coefficient (Wildman–Crippen LogP) is 0.546. The molecule has 0 aliphatic carbocycles. The van der Waals surface area contributed by atoms with Gasteiger partial charge in [-0.05, 0) is 13.8 Å². The number of carbonyl (C=O) groups is 1. The van der Waals surface area contributed by atoms with Gasteiger partial charge >= 0.3 is 0 Å². The zero-order valence-corrected chi connectivity index (χ0v) is 9.98. The Hall–Kier alpha value is -0.680. The summed E-state index contributed by atoms with van der Waals surface area (Å²) in [5, 5.41) is 0. The Morgan fingerprint density at radius 2 is 2.07 bits per heavy atom. The van der Waals surface area contributed by atoms with Crippen LogP contribution in [0.4, 0.5) is 0 Å². The first kappa shape index (κ1) is 13.3. The lowest BCUT2D eigenvalue weighted by Crippen LogP contribution is -2.38. The van der Waals surface area contributed by atoms with E-state index < -0.39 is 5.60 Å². The fourth-order valence-corrected chi connectivity index (χ4v) is 1.09. The molecule has 2 N–H and O–H groups in total. The molecule has 0 atom stereocenters. The first-order valence-corrected chi connectivity index (χ1v) is 4.77.